The van der Waals surface area contributed by atoms with E-state index >= 15 is 0 Å². The number of rotatable bonds is 14. The Hall–Kier alpha value is -2.80. The highest BCUT2D eigenvalue weighted by molar-refractivity contribution is 5.15. The molecule has 0 bridgehead atoms. The van der Waals surface area contributed by atoms with E-state index in [0.29, 0.717) is 6.61 Å². The SMILES string of the molecule is C=CC(O)[C@@H](OCc1ccccc1)[C@H](OCc1ccccc1)[C@H](O)COCc1ccccc1. The van der Waals surface area contributed by atoms with Crippen molar-refractivity contribution in [2.24, 2.45) is 0 Å². The lowest BCUT2D eigenvalue weighted by Crippen LogP contribution is -2.48. The summed E-state index contributed by atoms with van der Waals surface area (Å²) in [5.74, 6) is 0. The molecule has 0 heterocycles. The van der Waals surface area contributed by atoms with Gasteiger partial charge in [-0.2, -0.15) is 0 Å². The molecule has 0 aliphatic rings. The lowest BCUT2D eigenvalue weighted by molar-refractivity contribution is -0.168. The first-order chi connectivity index (χ1) is 16.2. The largest absolute Gasteiger partial charge is 0.388 e. The highest BCUT2D eigenvalue weighted by atomic mass is 16.6. The molecule has 0 spiro atoms. The van der Waals surface area contributed by atoms with Gasteiger partial charge in [0.2, 0.25) is 0 Å². The van der Waals surface area contributed by atoms with E-state index in [4.69, 9.17) is 14.2 Å². The zero-order chi connectivity index (χ0) is 23.3. The van der Waals surface area contributed by atoms with E-state index in [2.05, 4.69) is 6.58 Å². The second kappa shape index (κ2) is 13.7. The summed E-state index contributed by atoms with van der Waals surface area (Å²) in [6.45, 7) is 4.62. The van der Waals surface area contributed by atoms with E-state index in [1.165, 1.54) is 6.08 Å². The van der Waals surface area contributed by atoms with Gasteiger partial charge in [-0.1, -0.05) is 97.1 Å². The van der Waals surface area contributed by atoms with Crippen molar-refractivity contribution in [3.05, 3.63) is 120 Å². The van der Waals surface area contributed by atoms with Crippen molar-refractivity contribution in [2.75, 3.05) is 6.61 Å². The molecule has 174 valence electrons. The molecule has 33 heavy (non-hydrogen) atoms. The maximum Gasteiger partial charge on any atom is 0.116 e. The van der Waals surface area contributed by atoms with Gasteiger partial charge in [0.25, 0.3) is 0 Å². The smallest absolute Gasteiger partial charge is 0.116 e. The van der Waals surface area contributed by atoms with Crippen LogP contribution in [0.15, 0.2) is 104 Å². The molecule has 0 aliphatic carbocycles. The average molecular weight is 449 g/mol. The maximum absolute atomic E-state index is 11.0. The van der Waals surface area contributed by atoms with Gasteiger partial charge in [-0.05, 0) is 16.7 Å². The summed E-state index contributed by atoms with van der Waals surface area (Å²) in [7, 11) is 0. The van der Waals surface area contributed by atoms with Crippen LogP contribution in [0, 0.1) is 0 Å². The van der Waals surface area contributed by atoms with Gasteiger partial charge in [-0.25, -0.2) is 0 Å². The van der Waals surface area contributed by atoms with Crippen LogP contribution in [0.5, 0.6) is 0 Å². The normalized spacial score (nSPS) is 14.8. The molecule has 2 N–H and O–H groups in total. The lowest BCUT2D eigenvalue weighted by atomic mass is 10.0. The Bertz CT molecular complexity index is 917. The zero-order valence-corrected chi connectivity index (χ0v) is 18.7. The van der Waals surface area contributed by atoms with Gasteiger partial charge < -0.3 is 24.4 Å². The summed E-state index contributed by atoms with van der Waals surface area (Å²) in [5.41, 5.74) is 2.92. The average Bonchev–Trinajstić information content (AvgIpc) is 2.87. The van der Waals surface area contributed by atoms with E-state index in [-0.39, 0.29) is 19.8 Å². The van der Waals surface area contributed by atoms with Crippen molar-refractivity contribution in [3.8, 4) is 0 Å². The predicted molar refractivity (Wildman–Crippen MR) is 128 cm³/mol. The van der Waals surface area contributed by atoms with Crippen LogP contribution in [-0.4, -0.2) is 41.2 Å². The fourth-order valence-corrected chi connectivity index (χ4v) is 3.45. The number of hydrogen-bond donors (Lipinski definition) is 2. The first-order valence-corrected chi connectivity index (χ1v) is 11.1. The molecule has 4 atom stereocenters. The Morgan fingerprint density at radius 3 is 1.52 bits per heavy atom. The van der Waals surface area contributed by atoms with Crippen LogP contribution in [0.3, 0.4) is 0 Å². The van der Waals surface area contributed by atoms with Crippen molar-refractivity contribution < 1.29 is 24.4 Å². The topological polar surface area (TPSA) is 68.2 Å². The van der Waals surface area contributed by atoms with Crippen LogP contribution in [0.1, 0.15) is 16.7 Å². The maximum atomic E-state index is 11.0. The van der Waals surface area contributed by atoms with E-state index in [1.807, 2.05) is 91.0 Å². The summed E-state index contributed by atoms with van der Waals surface area (Å²) in [4.78, 5) is 0. The third-order valence-electron chi connectivity index (χ3n) is 5.25. The van der Waals surface area contributed by atoms with Gasteiger partial charge in [-0.15, -0.1) is 6.58 Å². The molecule has 0 aliphatic heterocycles. The molecular weight excluding hydrogens is 416 g/mol. The molecule has 0 fully saturated rings. The standard InChI is InChI=1S/C28H32O5/c1-2-25(29)27(32-19-23-14-8-4-9-15-23)28(33-20-24-16-10-5-11-17-24)26(30)21-31-18-22-12-6-3-7-13-22/h2-17,25-30H,1,18-21H2/t25?,26-,27-,28-/m1/s1. The summed E-state index contributed by atoms with van der Waals surface area (Å²) in [5, 5.41) is 21.6. The Kier molecular flexibility index (Phi) is 10.3. The molecular formula is C28H32O5. The number of benzene rings is 3. The van der Waals surface area contributed by atoms with Crippen LogP contribution >= 0.6 is 0 Å². The Balaban J connectivity index is 1.70. The first kappa shape index (κ1) is 24.8. The fraction of sp³-hybridized carbons (Fsp3) is 0.286. The van der Waals surface area contributed by atoms with Gasteiger partial charge >= 0.3 is 0 Å². The van der Waals surface area contributed by atoms with Crippen LogP contribution < -0.4 is 0 Å². The third kappa shape index (κ3) is 8.24. The predicted octanol–water partition coefficient (Wildman–Crippen LogP) is 4.28. The summed E-state index contributed by atoms with van der Waals surface area (Å²) < 4.78 is 17.9. The molecule has 3 rings (SSSR count). The van der Waals surface area contributed by atoms with E-state index in [9.17, 15) is 10.2 Å². The molecule has 1 unspecified atom stereocenters. The molecule has 0 amide bonds. The van der Waals surface area contributed by atoms with E-state index < -0.39 is 24.4 Å². The minimum Gasteiger partial charge on any atom is -0.388 e. The third-order valence-corrected chi connectivity index (χ3v) is 5.25. The van der Waals surface area contributed by atoms with Crippen molar-refractivity contribution in [3.63, 3.8) is 0 Å². The molecule has 3 aromatic carbocycles. The van der Waals surface area contributed by atoms with Crippen molar-refractivity contribution in [1.82, 2.24) is 0 Å². The van der Waals surface area contributed by atoms with E-state index in [0.717, 1.165) is 16.7 Å². The van der Waals surface area contributed by atoms with Crippen LogP contribution in [-0.2, 0) is 34.0 Å². The quantitative estimate of drug-likeness (QED) is 0.360. The number of hydrogen-bond acceptors (Lipinski definition) is 5. The monoisotopic (exact) mass is 448 g/mol. The van der Waals surface area contributed by atoms with Gasteiger partial charge in [0.15, 0.2) is 0 Å². The van der Waals surface area contributed by atoms with Crippen molar-refractivity contribution in [2.45, 2.75) is 44.2 Å². The fourth-order valence-electron chi connectivity index (χ4n) is 3.45. The van der Waals surface area contributed by atoms with Crippen molar-refractivity contribution in [1.29, 1.82) is 0 Å². The summed E-state index contributed by atoms with van der Waals surface area (Å²) in [6, 6.07) is 29.1. The molecule has 0 aromatic heterocycles. The number of ether oxygens (including phenoxy) is 3. The van der Waals surface area contributed by atoms with Gasteiger partial charge in [0.1, 0.15) is 24.4 Å². The highest BCUT2D eigenvalue weighted by Crippen LogP contribution is 2.19. The Morgan fingerprint density at radius 2 is 1.06 bits per heavy atom. The minimum atomic E-state index is -1.03. The summed E-state index contributed by atoms with van der Waals surface area (Å²) >= 11 is 0. The van der Waals surface area contributed by atoms with Gasteiger partial charge in [0, 0.05) is 0 Å². The molecule has 0 radical (unpaired) electrons. The summed E-state index contributed by atoms with van der Waals surface area (Å²) in [6.07, 6.45) is -2.32. The number of aliphatic hydroxyl groups excluding tert-OH is 2. The van der Waals surface area contributed by atoms with Crippen molar-refractivity contribution >= 4 is 0 Å². The van der Waals surface area contributed by atoms with Gasteiger partial charge in [-0.3, -0.25) is 0 Å². The minimum absolute atomic E-state index is 0.0312. The van der Waals surface area contributed by atoms with Crippen LogP contribution in [0.2, 0.25) is 0 Å². The molecule has 5 heteroatoms. The zero-order valence-electron chi connectivity index (χ0n) is 18.7. The molecule has 0 saturated carbocycles. The molecule has 3 aromatic rings. The molecule has 0 saturated heterocycles. The number of aliphatic hydroxyl groups is 2. The Labute approximate surface area is 195 Å². The Morgan fingerprint density at radius 1 is 0.636 bits per heavy atom. The lowest BCUT2D eigenvalue weighted by Gasteiger charge is -2.33. The van der Waals surface area contributed by atoms with Gasteiger partial charge in [0.05, 0.1) is 26.4 Å². The first-order valence-electron chi connectivity index (χ1n) is 11.1. The van der Waals surface area contributed by atoms with E-state index in [1.54, 1.807) is 0 Å². The second-order valence-corrected chi connectivity index (χ2v) is 7.82. The second-order valence-electron chi connectivity index (χ2n) is 7.82. The van der Waals surface area contributed by atoms with Crippen LogP contribution in [0.25, 0.3) is 0 Å². The van der Waals surface area contributed by atoms with Crippen LogP contribution in [0.4, 0.5) is 0 Å². The highest BCUT2D eigenvalue weighted by Gasteiger charge is 2.34. The molecule has 5 nitrogen and oxygen atoms in total.